The van der Waals surface area contributed by atoms with Crippen LogP contribution < -0.4 is 51.4 Å². The third-order valence-electron chi connectivity index (χ3n) is 5.44. The van der Waals surface area contributed by atoms with Crippen LogP contribution in [0, 0.1) is 0 Å². The molecule has 0 aliphatic rings. The van der Waals surface area contributed by atoms with Crippen molar-refractivity contribution < 1.29 is 69.5 Å². The van der Waals surface area contributed by atoms with E-state index >= 15 is 0 Å². The van der Waals surface area contributed by atoms with E-state index < -0.39 is 15.4 Å². The molecule has 0 rings (SSSR count). The molecule has 0 heterocycles. The molecule has 0 radical (unpaired) electrons. The first-order valence-corrected chi connectivity index (χ1v) is 13.0. The Morgan fingerprint density at radius 2 is 1.00 bits per heavy atom. The van der Waals surface area contributed by atoms with Gasteiger partial charge in [0.05, 0.1) is 16.2 Å². The van der Waals surface area contributed by atoms with Crippen LogP contribution in [0.3, 0.4) is 0 Å². The maximum atomic E-state index is 11.5. The molecule has 0 spiro atoms. The van der Waals surface area contributed by atoms with E-state index in [2.05, 4.69) is 6.92 Å². The van der Waals surface area contributed by atoms with Crippen LogP contribution in [-0.2, 0) is 10.1 Å². The maximum Gasteiger partial charge on any atom is 1.00 e. The predicted octanol–water partition coefficient (Wildman–Crippen LogP) is 3.33. The summed E-state index contributed by atoms with van der Waals surface area (Å²) in [5.74, 6) is 0. The molecule has 1 N–H and O–H groups in total. The van der Waals surface area contributed by atoms with Crippen molar-refractivity contribution in [2.24, 2.45) is 0 Å². The fraction of sp³-hybridized carbons (Fsp3) is 1.00. The van der Waals surface area contributed by atoms with Crippen LogP contribution in [0.25, 0.3) is 0 Å². The monoisotopic (exact) mass is 444 g/mol. The van der Waals surface area contributed by atoms with Crippen LogP contribution in [0.15, 0.2) is 0 Å². The fourth-order valence-corrected chi connectivity index (χ4v) is 4.55. The Morgan fingerprint density at radius 3 is 1.32 bits per heavy atom. The van der Waals surface area contributed by atoms with E-state index in [1.165, 1.54) is 51.4 Å². The van der Waals surface area contributed by atoms with Crippen molar-refractivity contribution in [2.45, 2.75) is 141 Å². The Kier molecular flexibility index (Phi) is 24.6. The summed E-state index contributed by atoms with van der Waals surface area (Å²) in [5, 5.41) is 8.53. The van der Waals surface area contributed by atoms with Crippen molar-refractivity contribution in [2.75, 3.05) is 0 Å². The molecular weight excluding hydrogens is 399 g/mol. The van der Waals surface area contributed by atoms with Gasteiger partial charge in [-0.1, -0.05) is 103 Å². The summed E-state index contributed by atoms with van der Waals surface area (Å²) in [6.45, 7) is 4.02. The molecule has 0 saturated carbocycles. The third-order valence-corrected chi connectivity index (χ3v) is 6.72. The minimum atomic E-state index is -4.15. The molecule has 28 heavy (non-hydrogen) atoms. The molecule has 4 nitrogen and oxygen atoms in total. The Bertz CT molecular complexity index is 413. The van der Waals surface area contributed by atoms with Gasteiger partial charge in [0, 0.05) is 5.25 Å². The maximum absolute atomic E-state index is 11.5. The second-order valence-electron chi connectivity index (χ2n) is 8.28. The molecule has 0 aromatic rings. The average molecular weight is 445 g/mol. The third kappa shape index (κ3) is 22.2. The van der Waals surface area contributed by atoms with Crippen LogP contribution in [0.5, 0.6) is 0 Å². The van der Waals surface area contributed by atoms with E-state index in [-0.39, 0.29) is 57.5 Å². The summed E-state index contributed by atoms with van der Waals surface area (Å²) in [6, 6.07) is 0. The van der Waals surface area contributed by atoms with Crippen molar-refractivity contribution in [3.63, 3.8) is 0 Å². The van der Waals surface area contributed by atoms with Gasteiger partial charge in [-0.2, -0.15) is 0 Å². The van der Waals surface area contributed by atoms with E-state index in [1.54, 1.807) is 0 Å². The van der Waals surface area contributed by atoms with Crippen LogP contribution in [0.4, 0.5) is 0 Å². The molecular formula is C22H45KO4S. The van der Waals surface area contributed by atoms with Gasteiger partial charge < -0.3 is 9.66 Å². The molecule has 0 aromatic heterocycles. The van der Waals surface area contributed by atoms with Crippen molar-refractivity contribution in [1.82, 2.24) is 0 Å². The van der Waals surface area contributed by atoms with Gasteiger partial charge in [0.25, 0.3) is 0 Å². The molecule has 0 aliphatic carbocycles. The second kappa shape index (κ2) is 21.7. The number of hydrogen-bond donors (Lipinski definition) is 1. The van der Waals surface area contributed by atoms with E-state index in [9.17, 15) is 18.1 Å². The summed E-state index contributed by atoms with van der Waals surface area (Å²) in [4.78, 5) is 0. The Hall–Kier alpha value is 1.51. The largest absolute Gasteiger partial charge is 1.00 e. The first-order chi connectivity index (χ1) is 12.9. The molecule has 0 bridgehead atoms. The zero-order chi connectivity index (χ0) is 20.4. The quantitative estimate of drug-likeness (QED) is 0.177. The van der Waals surface area contributed by atoms with E-state index in [1.807, 2.05) is 6.92 Å². The average Bonchev–Trinajstić information content (AvgIpc) is 2.59. The van der Waals surface area contributed by atoms with Gasteiger partial charge in [-0.3, -0.25) is 0 Å². The summed E-state index contributed by atoms with van der Waals surface area (Å²) < 4.78 is 34.4. The second-order valence-corrected chi connectivity index (χ2v) is 9.93. The van der Waals surface area contributed by atoms with Crippen LogP contribution in [0.1, 0.15) is 129 Å². The molecule has 0 fully saturated rings. The van der Waals surface area contributed by atoms with Crippen molar-refractivity contribution in [3.8, 4) is 0 Å². The number of unbranched alkanes of at least 4 members (excludes halogenated alkanes) is 13. The fourth-order valence-electron chi connectivity index (χ4n) is 3.63. The topological polar surface area (TPSA) is 77.4 Å². The molecule has 0 aliphatic heterocycles. The van der Waals surface area contributed by atoms with Gasteiger partial charge >= 0.3 is 51.4 Å². The minimum Gasteiger partial charge on any atom is -0.748 e. The van der Waals surface area contributed by atoms with Crippen LogP contribution in [-0.4, -0.2) is 29.4 Å². The van der Waals surface area contributed by atoms with Crippen molar-refractivity contribution in [1.29, 1.82) is 0 Å². The van der Waals surface area contributed by atoms with Gasteiger partial charge in [-0.25, -0.2) is 8.42 Å². The van der Waals surface area contributed by atoms with Crippen LogP contribution in [0.2, 0.25) is 0 Å². The normalized spacial score (nSPS) is 13.9. The predicted molar refractivity (Wildman–Crippen MR) is 114 cm³/mol. The number of rotatable bonds is 20. The van der Waals surface area contributed by atoms with Gasteiger partial charge in [-0.15, -0.1) is 0 Å². The van der Waals surface area contributed by atoms with Gasteiger partial charge in [-0.05, 0) is 26.2 Å². The van der Waals surface area contributed by atoms with Crippen molar-refractivity contribution in [3.05, 3.63) is 0 Å². The van der Waals surface area contributed by atoms with Crippen molar-refractivity contribution >= 4 is 10.1 Å². The Morgan fingerprint density at radius 1 is 0.679 bits per heavy atom. The van der Waals surface area contributed by atoms with Crippen LogP contribution >= 0.6 is 0 Å². The zero-order valence-corrected chi connectivity index (χ0v) is 22.9. The molecule has 0 saturated heterocycles. The number of aliphatic hydroxyl groups is 1. The van der Waals surface area contributed by atoms with Gasteiger partial charge in [0.2, 0.25) is 0 Å². The van der Waals surface area contributed by atoms with Gasteiger partial charge in [0.1, 0.15) is 0 Å². The summed E-state index contributed by atoms with van der Waals surface area (Å²) in [5.41, 5.74) is 0. The minimum absolute atomic E-state index is 0. The zero-order valence-electron chi connectivity index (χ0n) is 19.0. The molecule has 2 atom stereocenters. The number of aliphatic hydroxyl groups excluding tert-OH is 1. The van der Waals surface area contributed by atoms with E-state index in [4.69, 9.17) is 0 Å². The summed E-state index contributed by atoms with van der Waals surface area (Å²) >= 11 is 0. The molecule has 0 aromatic carbocycles. The molecule has 0 amide bonds. The summed E-state index contributed by atoms with van der Waals surface area (Å²) in [6.07, 6.45) is 18.8. The van der Waals surface area contributed by atoms with E-state index in [0.29, 0.717) is 12.8 Å². The first kappa shape index (κ1) is 31.7. The van der Waals surface area contributed by atoms with Gasteiger partial charge in [0.15, 0.2) is 0 Å². The molecule has 164 valence electrons. The standard InChI is InChI=1S/C22H46O4S.K/c1-3-4-5-6-13-16-19-22(27(24,25)26)20-17-14-11-9-7-8-10-12-15-18-21(2)23;/h21-23H,3-20H2,1-2H3,(H,24,25,26);/q;+1/p-1. The van der Waals surface area contributed by atoms with E-state index in [0.717, 1.165) is 51.4 Å². The molecule has 2 unspecified atom stereocenters. The Balaban J connectivity index is 0. The number of hydrogen-bond acceptors (Lipinski definition) is 4. The molecule has 6 heteroatoms. The first-order valence-electron chi connectivity index (χ1n) is 11.5. The summed E-state index contributed by atoms with van der Waals surface area (Å²) in [7, 11) is -4.15. The SMILES string of the molecule is CCCCCCCCC(CCCCCCCCCCCC(C)O)S(=O)(=O)[O-].[K+]. The Labute approximate surface area is 218 Å². The smallest absolute Gasteiger partial charge is 0.748 e.